The van der Waals surface area contributed by atoms with Gasteiger partial charge in [-0.1, -0.05) is 60.7 Å². The van der Waals surface area contributed by atoms with Crippen molar-refractivity contribution < 1.29 is 34.0 Å². The number of carbonyl (C=O) groups is 1. The minimum atomic E-state index is -1.00. The van der Waals surface area contributed by atoms with E-state index in [1.807, 2.05) is 60.7 Å². The number of carboxylic acid groups (broad SMARTS) is 1. The van der Waals surface area contributed by atoms with E-state index in [4.69, 9.17) is 18.9 Å². The summed E-state index contributed by atoms with van der Waals surface area (Å²) in [7, 11) is 0. The predicted octanol–water partition coefficient (Wildman–Crippen LogP) is 3.14. The van der Waals surface area contributed by atoms with Crippen LogP contribution in [-0.4, -0.2) is 53.0 Å². The van der Waals surface area contributed by atoms with E-state index in [2.05, 4.69) is 0 Å². The van der Waals surface area contributed by atoms with E-state index in [-0.39, 0.29) is 26.2 Å². The van der Waals surface area contributed by atoms with Crippen LogP contribution in [0.3, 0.4) is 0 Å². The average Bonchev–Trinajstić information content (AvgIpc) is 3.08. The van der Waals surface area contributed by atoms with Crippen LogP contribution in [0.2, 0.25) is 0 Å². The average molecular weight is 430 g/mol. The molecule has 31 heavy (non-hydrogen) atoms. The molecule has 2 aromatic rings. The van der Waals surface area contributed by atoms with Gasteiger partial charge < -0.3 is 29.2 Å². The number of rotatable bonds is 11. The van der Waals surface area contributed by atoms with E-state index >= 15 is 0 Å². The summed E-state index contributed by atoms with van der Waals surface area (Å²) in [6, 6.07) is 19.1. The van der Waals surface area contributed by atoms with Crippen LogP contribution >= 0.6 is 0 Å². The molecule has 0 unspecified atom stereocenters. The van der Waals surface area contributed by atoms with E-state index in [9.17, 15) is 15.0 Å². The molecule has 0 saturated carbocycles. The molecule has 2 aromatic carbocycles. The molecule has 0 bridgehead atoms. The number of ether oxygens (including phenoxy) is 4. The number of aliphatic carboxylic acids is 1. The van der Waals surface area contributed by atoms with E-state index < -0.39 is 36.2 Å². The van der Waals surface area contributed by atoms with E-state index in [0.717, 1.165) is 11.1 Å². The highest BCUT2D eigenvalue weighted by atomic mass is 16.8. The van der Waals surface area contributed by atoms with Gasteiger partial charge in [0, 0.05) is 0 Å². The van der Waals surface area contributed by atoms with Crippen molar-refractivity contribution in [2.75, 3.05) is 6.61 Å². The van der Waals surface area contributed by atoms with E-state index in [0.29, 0.717) is 0 Å². The summed E-state index contributed by atoms with van der Waals surface area (Å²) in [5, 5.41) is 19.5. The van der Waals surface area contributed by atoms with Crippen molar-refractivity contribution in [3.63, 3.8) is 0 Å². The zero-order chi connectivity index (χ0) is 22.3. The Morgan fingerprint density at radius 2 is 1.35 bits per heavy atom. The van der Waals surface area contributed by atoms with Gasteiger partial charge in [0.15, 0.2) is 5.79 Å². The summed E-state index contributed by atoms with van der Waals surface area (Å²) in [6.07, 6.45) is -3.15. The van der Waals surface area contributed by atoms with E-state index in [1.165, 1.54) is 0 Å². The Kier molecular flexibility index (Phi) is 8.17. The standard InChI is InChI=1S/C24H30O7/c1-24(2)30-22(19(13-21(26)27)28-15-17-9-5-3-6-10-17)23(31-24)20(14-25)29-16-18-11-7-4-8-12-18/h3-12,19-20,22-23,25H,13-16H2,1-2H3,(H,26,27)/t19-,20+,22+,23-/m1/s1. The first-order chi connectivity index (χ1) is 14.9. The SMILES string of the molecule is CC1(C)O[C@@H]([C@@H](CC(=O)O)OCc2ccccc2)[C@@H]([C@H](CO)OCc2ccccc2)O1. The van der Waals surface area contributed by atoms with Crippen LogP contribution in [0, 0.1) is 0 Å². The fourth-order valence-corrected chi connectivity index (χ4v) is 3.64. The molecule has 0 radical (unpaired) electrons. The molecule has 168 valence electrons. The number of aliphatic hydroxyl groups excluding tert-OH is 1. The summed E-state index contributed by atoms with van der Waals surface area (Å²) in [5.41, 5.74) is 1.88. The predicted molar refractivity (Wildman–Crippen MR) is 113 cm³/mol. The molecular weight excluding hydrogens is 400 g/mol. The Morgan fingerprint density at radius 3 is 1.81 bits per heavy atom. The Bertz CT molecular complexity index is 809. The molecule has 1 fully saturated rings. The Hall–Kier alpha value is -2.29. The van der Waals surface area contributed by atoms with Crippen LogP contribution in [-0.2, 0) is 37.0 Å². The fourth-order valence-electron chi connectivity index (χ4n) is 3.64. The Balaban J connectivity index is 1.74. The van der Waals surface area contributed by atoms with Gasteiger partial charge in [-0.2, -0.15) is 0 Å². The second-order valence-electron chi connectivity index (χ2n) is 8.02. The van der Waals surface area contributed by atoms with Gasteiger partial charge in [0.2, 0.25) is 0 Å². The van der Waals surface area contributed by atoms with Gasteiger partial charge in [0.05, 0.1) is 32.3 Å². The molecule has 0 spiro atoms. The van der Waals surface area contributed by atoms with Crippen LogP contribution in [0.1, 0.15) is 31.4 Å². The largest absolute Gasteiger partial charge is 0.481 e. The Labute approximate surface area is 182 Å². The van der Waals surface area contributed by atoms with Crippen LogP contribution < -0.4 is 0 Å². The molecule has 7 heteroatoms. The maximum absolute atomic E-state index is 11.5. The van der Waals surface area contributed by atoms with Gasteiger partial charge >= 0.3 is 5.97 Å². The van der Waals surface area contributed by atoms with Gasteiger partial charge in [-0.3, -0.25) is 4.79 Å². The van der Waals surface area contributed by atoms with Crippen molar-refractivity contribution in [3.05, 3.63) is 71.8 Å². The number of hydrogen-bond acceptors (Lipinski definition) is 6. The van der Waals surface area contributed by atoms with Crippen LogP contribution in [0.25, 0.3) is 0 Å². The van der Waals surface area contributed by atoms with Gasteiger partial charge in [-0.05, 0) is 25.0 Å². The lowest BCUT2D eigenvalue weighted by atomic mass is 10.0. The topological polar surface area (TPSA) is 94.5 Å². The molecule has 1 aliphatic heterocycles. The maximum Gasteiger partial charge on any atom is 0.306 e. The molecule has 4 atom stereocenters. The summed E-state index contributed by atoms with van der Waals surface area (Å²) in [4.78, 5) is 11.5. The summed E-state index contributed by atoms with van der Waals surface area (Å²) < 4.78 is 24.0. The molecular formula is C24H30O7. The first-order valence-corrected chi connectivity index (χ1v) is 10.4. The molecule has 7 nitrogen and oxygen atoms in total. The lowest BCUT2D eigenvalue weighted by Gasteiger charge is -2.29. The van der Waals surface area contributed by atoms with Crippen molar-refractivity contribution in [2.45, 2.75) is 63.7 Å². The monoisotopic (exact) mass is 430 g/mol. The highest BCUT2D eigenvalue weighted by molar-refractivity contribution is 5.67. The van der Waals surface area contributed by atoms with Crippen LogP contribution in [0.5, 0.6) is 0 Å². The van der Waals surface area contributed by atoms with Crippen molar-refractivity contribution in [1.29, 1.82) is 0 Å². The molecule has 1 aliphatic rings. The zero-order valence-corrected chi connectivity index (χ0v) is 17.8. The first kappa shape index (κ1) is 23.4. The molecule has 3 rings (SSSR count). The minimum Gasteiger partial charge on any atom is -0.481 e. The third kappa shape index (κ3) is 6.85. The smallest absolute Gasteiger partial charge is 0.306 e. The number of carboxylic acids is 1. The van der Waals surface area contributed by atoms with Crippen LogP contribution in [0.15, 0.2) is 60.7 Å². The quantitative estimate of drug-likeness (QED) is 0.566. The summed E-state index contributed by atoms with van der Waals surface area (Å²) in [6.45, 7) is 3.72. The number of aliphatic hydroxyl groups is 1. The number of benzene rings is 2. The van der Waals surface area contributed by atoms with Crippen molar-refractivity contribution >= 4 is 5.97 Å². The molecule has 0 amide bonds. The third-order valence-electron chi connectivity index (χ3n) is 5.07. The highest BCUT2D eigenvalue weighted by Gasteiger charge is 2.49. The summed E-state index contributed by atoms with van der Waals surface area (Å²) in [5.74, 6) is -1.97. The lowest BCUT2D eigenvalue weighted by molar-refractivity contribution is -0.170. The van der Waals surface area contributed by atoms with Gasteiger partial charge in [-0.25, -0.2) is 0 Å². The third-order valence-corrected chi connectivity index (χ3v) is 5.07. The maximum atomic E-state index is 11.5. The second-order valence-corrected chi connectivity index (χ2v) is 8.02. The van der Waals surface area contributed by atoms with Crippen molar-refractivity contribution in [2.24, 2.45) is 0 Å². The lowest BCUT2D eigenvalue weighted by Crippen LogP contribution is -2.46. The first-order valence-electron chi connectivity index (χ1n) is 10.4. The molecule has 1 heterocycles. The Morgan fingerprint density at radius 1 is 0.903 bits per heavy atom. The molecule has 0 aliphatic carbocycles. The molecule has 1 saturated heterocycles. The van der Waals surface area contributed by atoms with Gasteiger partial charge in [0.25, 0.3) is 0 Å². The minimum absolute atomic E-state index is 0.237. The van der Waals surface area contributed by atoms with Gasteiger partial charge in [0.1, 0.15) is 18.3 Å². The van der Waals surface area contributed by atoms with Crippen molar-refractivity contribution in [1.82, 2.24) is 0 Å². The second kappa shape index (κ2) is 10.8. The normalized spacial score (nSPS) is 22.2. The van der Waals surface area contributed by atoms with Crippen molar-refractivity contribution in [3.8, 4) is 0 Å². The summed E-state index contributed by atoms with van der Waals surface area (Å²) >= 11 is 0. The van der Waals surface area contributed by atoms with Gasteiger partial charge in [-0.15, -0.1) is 0 Å². The van der Waals surface area contributed by atoms with E-state index in [1.54, 1.807) is 13.8 Å². The fraction of sp³-hybridized carbons (Fsp3) is 0.458. The zero-order valence-electron chi connectivity index (χ0n) is 17.8. The molecule has 2 N–H and O–H groups in total. The highest BCUT2D eigenvalue weighted by Crippen LogP contribution is 2.35. The van der Waals surface area contributed by atoms with Crippen LogP contribution in [0.4, 0.5) is 0 Å². The number of hydrogen-bond donors (Lipinski definition) is 2. The molecule has 0 aromatic heterocycles.